The van der Waals surface area contributed by atoms with Gasteiger partial charge in [-0.2, -0.15) is 0 Å². The first-order valence-electron chi connectivity index (χ1n) is 7.95. The molecule has 0 aromatic heterocycles. The van der Waals surface area contributed by atoms with Crippen LogP contribution >= 0.6 is 0 Å². The zero-order valence-corrected chi connectivity index (χ0v) is 12.8. The summed E-state index contributed by atoms with van der Waals surface area (Å²) in [5, 5.41) is 0. The quantitative estimate of drug-likeness (QED) is 0.857. The number of methoxy groups -OCH3 is 1. The van der Waals surface area contributed by atoms with Crippen LogP contribution < -0.4 is 9.47 Å². The van der Waals surface area contributed by atoms with E-state index in [1.54, 1.807) is 7.11 Å². The Morgan fingerprint density at radius 1 is 1.29 bits per heavy atom. The van der Waals surface area contributed by atoms with Crippen LogP contribution in [0.25, 0.3) is 0 Å². The number of fused-ring (bicyclic) bond motifs is 1. The van der Waals surface area contributed by atoms with Gasteiger partial charge in [0.15, 0.2) is 11.5 Å². The van der Waals surface area contributed by atoms with Crippen molar-refractivity contribution in [3.8, 4) is 11.5 Å². The van der Waals surface area contributed by atoms with Crippen LogP contribution in [0, 0.1) is 5.92 Å². The highest BCUT2D eigenvalue weighted by atomic mass is 16.5. The van der Waals surface area contributed by atoms with E-state index in [-0.39, 0.29) is 0 Å². The maximum Gasteiger partial charge on any atom is 0.165 e. The highest BCUT2D eigenvalue weighted by Crippen LogP contribution is 2.33. The van der Waals surface area contributed by atoms with Crippen LogP contribution in [0.2, 0.25) is 0 Å². The van der Waals surface area contributed by atoms with E-state index in [4.69, 9.17) is 14.2 Å². The monoisotopic (exact) mass is 291 g/mol. The van der Waals surface area contributed by atoms with Gasteiger partial charge in [0.05, 0.1) is 20.3 Å². The summed E-state index contributed by atoms with van der Waals surface area (Å²) in [5.41, 5.74) is 1.23. The van der Waals surface area contributed by atoms with Crippen molar-refractivity contribution in [3.63, 3.8) is 0 Å². The van der Waals surface area contributed by atoms with Gasteiger partial charge >= 0.3 is 0 Å². The van der Waals surface area contributed by atoms with Crippen molar-refractivity contribution in [1.82, 2.24) is 4.90 Å². The van der Waals surface area contributed by atoms with Gasteiger partial charge in [0, 0.05) is 31.8 Å². The summed E-state index contributed by atoms with van der Waals surface area (Å²) in [5.74, 6) is 2.44. The second-order valence-corrected chi connectivity index (χ2v) is 5.97. The van der Waals surface area contributed by atoms with Crippen molar-refractivity contribution >= 4 is 0 Å². The lowest BCUT2D eigenvalue weighted by atomic mass is 10.0. The molecule has 2 heterocycles. The number of benzene rings is 1. The van der Waals surface area contributed by atoms with Gasteiger partial charge < -0.3 is 14.2 Å². The van der Waals surface area contributed by atoms with Crippen LogP contribution in [-0.2, 0) is 11.3 Å². The molecule has 4 nitrogen and oxygen atoms in total. The molecule has 4 heteroatoms. The highest BCUT2D eigenvalue weighted by Gasteiger charge is 2.21. The maximum atomic E-state index is 5.91. The van der Waals surface area contributed by atoms with Gasteiger partial charge in [0.25, 0.3) is 0 Å². The van der Waals surface area contributed by atoms with E-state index in [9.17, 15) is 0 Å². The predicted molar refractivity (Wildman–Crippen MR) is 81.9 cm³/mol. The van der Waals surface area contributed by atoms with Crippen molar-refractivity contribution in [2.75, 3.05) is 40.0 Å². The molecule has 3 rings (SSSR count). The first-order chi connectivity index (χ1) is 10.4. The molecule has 0 radical (unpaired) electrons. The Morgan fingerprint density at radius 2 is 2.24 bits per heavy atom. The van der Waals surface area contributed by atoms with E-state index in [0.29, 0.717) is 5.92 Å². The number of para-hydroxylation sites is 1. The van der Waals surface area contributed by atoms with Gasteiger partial charge in [-0.05, 0) is 31.2 Å². The second-order valence-electron chi connectivity index (χ2n) is 5.97. The third-order valence-electron chi connectivity index (χ3n) is 4.31. The minimum atomic E-state index is 0.674. The molecule has 0 aliphatic carbocycles. The summed E-state index contributed by atoms with van der Waals surface area (Å²) in [6, 6.07) is 6.16. The molecule has 116 valence electrons. The zero-order valence-electron chi connectivity index (χ0n) is 12.8. The third kappa shape index (κ3) is 3.69. The number of nitrogens with zero attached hydrogens (tertiary/aromatic N) is 1. The Hall–Kier alpha value is -1.26. The molecule has 0 amide bonds. The molecule has 1 aromatic carbocycles. The maximum absolute atomic E-state index is 5.91. The Kier molecular flexibility index (Phi) is 4.99. The lowest BCUT2D eigenvalue weighted by molar-refractivity contribution is 0.0354. The number of hydrogen-bond acceptors (Lipinski definition) is 4. The molecule has 2 aliphatic heterocycles. The average Bonchev–Trinajstić information content (AvgIpc) is 2.50. The van der Waals surface area contributed by atoms with Crippen molar-refractivity contribution in [2.45, 2.75) is 25.8 Å². The van der Waals surface area contributed by atoms with Crippen LogP contribution in [0.5, 0.6) is 11.5 Å². The summed E-state index contributed by atoms with van der Waals surface area (Å²) >= 11 is 0. The van der Waals surface area contributed by atoms with Gasteiger partial charge in [-0.1, -0.05) is 12.1 Å². The predicted octanol–water partition coefficient (Wildman–Crippen LogP) is 2.71. The molecule has 0 spiro atoms. The standard InChI is InChI=1S/C17H25NO3/c1-19-16-7-2-6-15-12-18(8-4-10-21-17(15)16)11-14-5-3-9-20-13-14/h2,6-7,14H,3-5,8-13H2,1H3. The smallest absolute Gasteiger partial charge is 0.165 e. The van der Waals surface area contributed by atoms with Crippen LogP contribution in [-0.4, -0.2) is 44.9 Å². The first-order valence-corrected chi connectivity index (χ1v) is 7.95. The van der Waals surface area contributed by atoms with Crippen LogP contribution in [0.1, 0.15) is 24.8 Å². The van der Waals surface area contributed by atoms with Crippen LogP contribution in [0.4, 0.5) is 0 Å². The molecule has 0 bridgehead atoms. The van der Waals surface area contributed by atoms with Crippen LogP contribution in [0.3, 0.4) is 0 Å². The number of rotatable bonds is 3. The Morgan fingerprint density at radius 3 is 3.05 bits per heavy atom. The van der Waals surface area contributed by atoms with Gasteiger partial charge in [-0.3, -0.25) is 4.90 Å². The minimum Gasteiger partial charge on any atom is -0.493 e. The summed E-state index contributed by atoms with van der Waals surface area (Å²) in [4.78, 5) is 2.54. The summed E-state index contributed by atoms with van der Waals surface area (Å²) in [6.07, 6.45) is 3.55. The minimum absolute atomic E-state index is 0.674. The number of hydrogen-bond donors (Lipinski definition) is 0. The van der Waals surface area contributed by atoms with E-state index >= 15 is 0 Å². The third-order valence-corrected chi connectivity index (χ3v) is 4.31. The molecular formula is C17H25NO3. The largest absolute Gasteiger partial charge is 0.493 e. The van der Waals surface area contributed by atoms with Gasteiger partial charge in [0.1, 0.15) is 0 Å². The van der Waals surface area contributed by atoms with E-state index in [1.807, 2.05) is 12.1 Å². The first kappa shape index (κ1) is 14.7. The molecule has 0 N–H and O–H groups in total. The van der Waals surface area contributed by atoms with Gasteiger partial charge in [-0.15, -0.1) is 0 Å². The molecular weight excluding hydrogens is 266 g/mol. The fraction of sp³-hybridized carbons (Fsp3) is 0.647. The molecule has 1 aromatic rings. The summed E-state index contributed by atoms with van der Waals surface area (Å²) in [7, 11) is 1.70. The Labute approximate surface area is 127 Å². The molecule has 2 aliphatic rings. The second kappa shape index (κ2) is 7.14. The van der Waals surface area contributed by atoms with Crippen molar-refractivity contribution in [2.24, 2.45) is 5.92 Å². The van der Waals surface area contributed by atoms with E-state index < -0.39 is 0 Å². The molecule has 1 atom stereocenters. The van der Waals surface area contributed by atoms with E-state index in [0.717, 1.165) is 57.4 Å². The fourth-order valence-corrected chi connectivity index (χ4v) is 3.27. The normalized spacial score (nSPS) is 23.6. The van der Waals surface area contributed by atoms with Crippen molar-refractivity contribution in [1.29, 1.82) is 0 Å². The van der Waals surface area contributed by atoms with Gasteiger partial charge in [-0.25, -0.2) is 0 Å². The van der Waals surface area contributed by atoms with Crippen LogP contribution in [0.15, 0.2) is 18.2 Å². The van der Waals surface area contributed by atoms with E-state index in [2.05, 4.69) is 11.0 Å². The lowest BCUT2D eigenvalue weighted by Crippen LogP contribution is -2.35. The molecule has 0 saturated carbocycles. The summed E-state index contributed by atoms with van der Waals surface area (Å²) < 4.78 is 17.0. The SMILES string of the molecule is COc1cccc2c1OCCCN(CC1CCCOC1)C2. The molecule has 1 saturated heterocycles. The fourth-order valence-electron chi connectivity index (χ4n) is 3.27. The zero-order chi connectivity index (χ0) is 14.5. The van der Waals surface area contributed by atoms with Crippen molar-refractivity contribution in [3.05, 3.63) is 23.8 Å². The summed E-state index contributed by atoms with van der Waals surface area (Å²) in [6.45, 7) is 5.75. The molecule has 1 fully saturated rings. The highest BCUT2D eigenvalue weighted by molar-refractivity contribution is 5.46. The van der Waals surface area contributed by atoms with Gasteiger partial charge in [0.2, 0.25) is 0 Å². The van der Waals surface area contributed by atoms with Crippen molar-refractivity contribution < 1.29 is 14.2 Å². The lowest BCUT2D eigenvalue weighted by Gasteiger charge is -2.31. The van der Waals surface area contributed by atoms with E-state index in [1.165, 1.54) is 18.4 Å². The molecule has 21 heavy (non-hydrogen) atoms. The topological polar surface area (TPSA) is 30.9 Å². The Bertz CT molecular complexity index is 457. The molecule has 1 unspecified atom stereocenters. The average molecular weight is 291 g/mol. The number of ether oxygens (including phenoxy) is 3. The Balaban J connectivity index is 1.71.